The fourth-order valence-corrected chi connectivity index (χ4v) is 2.15. The van der Waals surface area contributed by atoms with Crippen molar-refractivity contribution in [2.45, 2.75) is 32.4 Å². The molecule has 0 spiro atoms. The smallest absolute Gasteiger partial charge is 0.312 e. The number of hydrogen-bond acceptors (Lipinski definition) is 5. The summed E-state index contributed by atoms with van der Waals surface area (Å²) in [6.45, 7) is 5.22. The monoisotopic (exact) mass is 359 g/mol. The highest BCUT2D eigenvalue weighted by Gasteiger charge is 2.33. The predicted octanol–water partition coefficient (Wildman–Crippen LogP) is 1.98. The first-order chi connectivity index (χ1) is 9.65. The zero-order valence-corrected chi connectivity index (χ0v) is 13.6. The van der Waals surface area contributed by atoms with Crippen molar-refractivity contribution in [1.29, 1.82) is 0 Å². The molecule has 0 saturated carbocycles. The van der Waals surface area contributed by atoms with Gasteiger partial charge < -0.3 is 10.5 Å². The first-order valence-corrected chi connectivity index (χ1v) is 7.09. The summed E-state index contributed by atoms with van der Waals surface area (Å²) in [7, 11) is 0. The number of primary amides is 1. The quantitative estimate of drug-likeness (QED) is 0.571. The van der Waals surface area contributed by atoms with Gasteiger partial charge in [-0.3, -0.25) is 20.2 Å². The Morgan fingerprint density at radius 3 is 2.67 bits per heavy atom. The van der Waals surface area contributed by atoms with E-state index in [2.05, 4.69) is 21.2 Å². The third kappa shape index (κ3) is 4.68. The summed E-state index contributed by atoms with van der Waals surface area (Å²) in [5.74, 6) is -0.503. The number of hydrogen-bond donors (Lipinski definition) is 2. The second-order valence-corrected chi connectivity index (χ2v) is 6.07. The van der Waals surface area contributed by atoms with E-state index in [1.807, 2.05) is 13.8 Å². The van der Waals surface area contributed by atoms with Gasteiger partial charge in [0.25, 0.3) is 0 Å². The molecule has 1 amide bonds. The summed E-state index contributed by atoms with van der Waals surface area (Å²) in [5.41, 5.74) is 4.09. The molecule has 1 aromatic rings. The molecule has 21 heavy (non-hydrogen) atoms. The third-order valence-corrected chi connectivity index (χ3v) is 3.28. The molecular weight excluding hydrogens is 342 g/mol. The first kappa shape index (κ1) is 17.4. The van der Waals surface area contributed by atoms with Crippen LogP contribution >= 0.6 is 15.9 Å². The fraction of sp³-hybridized carbons (Fsp3) is 0.462. The number of rotatable bonds is 7. The van der Waals surface area contributed by atoms with Crippen molar-refractivity contribution < 1.29 is 14.5 Å². The van der Waals surface area contributed by atoms with Gasteiger partial charge in [-0.2, -0.15) is 0 Å². The molecule has 0 bridgehead atoms. The number of ether oxygens (including phenoxy) is 1. The van der Waals surface area contributed by atoms with Crippen LogP contribution in [-0.2, 0) is 4.79 Å². The zero-order chi connectivity index (χ0) is 16.2. The van der Waals surface area contributed by atoms with E-state index in [9.17, 15) is 14.9 Å². The predicted molar refractivity (Wildman–Crippen MR) is 82.2 cm³/mol. The van der Waals surface area contributed by atoms with Crippen LogP contribution < -0.4 is 15.8 Å². The van der Waals surface area contributed by atoms with Crippen molar-refractivity contribution in [1.82, 2.24) is 5.32 Å². The topological polar surface area (TPSA) is 107 Å². The van der Waals surface area contributed by atoms with E-state index in [1.54, 1.807) is 13.0 Å². The maximum absolute atomic E-state index is 11.6. The lowest BCUT2D eigenvalue weighted by atomic mass is 10.0. The highest BCUT2D eigenvalue weighted by atomic mass is 79.9. The number of carbonyl (C=O) groups excluding carboxylic acids is 1. The van der Waals surface area contributed by atoms with Crippen molar-refractivity contribution in [2.75, 3.05) is 6.61 Å². The minimum absolute atomic E-state index is 0.00556. The molecule has 0 aliphatic heterocycles. The highest BCUT2D eigenvalue weighted by Crippen LogP contribution is 2.30. The summed E-state index contributed by atoms with van der Waals surface area (Å²) in [6.07, 6.45) is 0. The van der Waals surface area contributed by atoms with Crippen LogP contribution in [0.5, 0.6) is 5.75 Å². The Bertz CT molecular complexity index is 550. The Balaban J connectivity index is 2.96. The second-order valence-electron chi connectivity index (χ2n) is 5.15. The molecule has 0 aliphatic rings. The molecule has 8 heteroatoms. The SMILES string of the molecule is CC(C)NC(C)(COc1ccc(Br)cc1[N+](=O)[O-])C(N)=O. The van der Waals surface area contributed by atoms with Gasteiger partial charge in [0.05, 0.1) is 4.92 Å². The molecule has 0 fully saturated rings. The van der Waals surface area contributed by atoms with Gasteiger partial charge in [0.15, 0.2) is 5.75 Å². The lowest BCUT2D eigenvalue weighted by Gasteiger charge is -2.29. The Morgan fingerprint density at radius 1 is 1.57 bits per heavy atom. The summed E-state index contributed by atoms with van der Waals surface area (Å²) >= 11 is 3.16. The summed E-state index contributed by atoms with van der Waals surface area (Å²) in [4.78, 5) is 22.1. The molecular formula is C13H18BrN3O4. The largest absolute Gasteiger partial charge is 0.484 e. The van der Waals surface area contributed by atoms with Crippen LogP contribution in [0.1, 0.15) is 20.8 Å². The van der Waals surface area contributed by atoms with E-state index in [0.29, 0.717) is 4.47 Å². The van der Waals surface area contributed by atoms with E-state index in [-0.39, 0.29) is 24.1 Å². The second kappa shape index (κ2) is 6.86. The molecule has 3 N–H and O–H groups in total. The van der Waals surface area contributed by atoms with Gasteiger partial charge in [-0.05, 0) is 32.9 Å². The van der Waals surface area contributed by atoms with Gasteiger partial charge in [0.2, 0.25) is 5.91 Å². The number of amides is 1. The maximum Gasteiger partial charge on any atom is 0.312 e. The first-order valence-electron chi connectivity index (χ1n) is 6.30. The average Bonchev–Trinajstić information content (AvgIpc) is 2.36. The van der Waals surface area contributed by atoms with Crippen molar-refractivity contribution in [2.24, 2.45) is 5.73 Å². The molecule has 0 saturated heterocycles. The van der Waals surface area contributed by atoms with Gasteiger partial charge in [-0.25, -0.2) is 0 Å². The van der Waals surface area contributed by atoms with Crippen LogP contribution in [0.15, 0.2) is 22.7 Å². The van der Waals surface area contributed by atoms with Crippen LogP contribution in [-0.4, -0.2) is 29.0 Å². The molecule has 0 aromatic heterocycles. The highest BCUT2D eigenvalue weighted by molar-refractivity contribution is 9.10. The van der Waals surface area contributed by atoms with Gasteiger partial charge in [0, 0.05) is 16.6 Å². The van der Waals surface area contributed by atoms with Crippen molar-refractivity contribution in [3.8, 4) is 5.75 Å². The number of nitro benzene ring substituents is 1. The van der Waals surface area contributed by atoms with Gasteiger partial charge >= 0.3 is 5.69 Å². The Hall–Kier alpha value is -1.67. The average molecular weight is 360 g/mol. The van der Waals surface area contributed by atoms with Crippen molar-refractivity contribution in [3.05, 3.63) is 32.8 Å². The number of nitrogens with one attached hydrogen (secondary N) is 1. The number of nitrogens with zero attached hydrogens (tertiary/aromatic N) is 1. The third-order valence-electron chi connectivity index (χ3n) is 2.79. The molecule has 0 heterocycles. The number of nitrogens with two attached hydrogens (primary N) is 1. The van der Waals surface area contributed by atoms with Crippen LogP contribution in [0.2, 0.25) is 0 Å². The van der Waals surface area contributed by atoms with Gasteiger partial charge in [0.1, 0.15) is 12.1 Å². The minimum atomic E-state index is -1.12. The van der Waals surface area contributed by atoms with Crippen molar-refractivity contribution in [3.63, 3.8) is 0 Å². The van der Waals surface area contributed by atoms with Gasteiger partial charge in [-0.15, -0.1) is 0 Å². The summed E-state index contributed by atoms with van der Waals surface area (Å²) in [6, 6.07) is 4.44. The van der Waals surface area contributed by atoms with E-state index in [4.69, 9.17) is 10.5 Å². The van der Waals surface area contributed by atoms with E-state index >= 15 is 0 Å². The number of benzene rings is 1. The molecule has 0 aliphatic carbocycles. The molecule has 116 valence electrons. The Labute approximate surface area is 131 Å². The van der Waals surface area contributed by atoms with E-state index in [0.717, 1.165) is 0 Å². The van der Waals surface area contributed by atoms with E-state index < -0.39 is 16.4 Å². The lowest BCUT2D eigenvalue weighted by Crippen LogP contribution is -2.59. The molecule has 1 atom stereocenters. The standard InChI is InChI=1S/C13H18BrN3O4/c1-8(2)16-13(3,12(15)18)7-21-11-5-4-9(14)6-10(11)17(19)20/h4-6,8,16H,7H2,1-3H3,(H2,15,18). The van der Waals surface area contributed by atoms with Crippen LogP contribution in [0.4, 0.5) is 5.69 Å². The Kier molecular flexibility index (Phi) is 5.68. The molecule has 7 nitrogen and oxygen atoms in total. The molecule has 1 rings (SSSR count). The fourth-order valence-electron chi connectivity index (χ4n) is 1.80. The number of carbonyl (C=O) groups is 1. The van der Waals surface area contributed by atoms with Crippen LogP contribution in [0.3, 0.4) is 0 Å². The molecule has 1 aromatic carbocycles. The summed E-state index contributed by atoms with van der Waals surface area (Å²) in [5, 5.41) is 14.0. The molecule has 1 unspecified atom stereocenters. The van der Waals surface area contributed by atoms with Crippen LogP contribution in [0, 0.1) is 10.1 Å². The number of halogens is 1. The normalized spacial score (nSPS) is 13.8. The maximum atomic E-state index is 11.6. The zero-order valence-electron chi connectivity index (χ0n) is 12.1. The molecule has 0 radical (unpaired) electrons. The Morgan fingerprint density at radius 2 is 2.19 bits per heavy atom. The number of nitro groups is 1. The lowest BCUT2D eigenvalue weighted by molar-refractivity contribution is -0.386. The van der Waals surface area contributed by atoms with E-state index in [1.165, 1.54) is 12.1 Å². The van der Waals surface area contributed by atoms with Crippen molar-refractivity contribution >= 4 is 27.5 Å². The van der Waals surface area contributed by atoms with Crippen LogP contribution in [0.25, 0.3) is 0 Å². The minimum Gasteiger partial charge on any atom is -0.484 e. The van der Waals surface area contributed by atoms with Gasteiger partial charge in [-0.1, -0.05) is 15.9 Å². The summed E-state index contributed by atoms with van der Waals surface area (Å²) < 4.78 is 6.02.